The number of carbonyl (C=O) groups excluding carboxylic acids is 2. The van der Waals surface area contributed by atoms with E-state index in [-0.39, 0.29) is 17.4 Å². The molecule has 33 heavy (non-hydrogen) atoms. The van der Waals surface area contributed by atoms with Crippen LogP contribution in [-0.4, -0.2) is 47.6 Å². The number of halogens is 1. The highest BCUT2D eigenvalue weighted by Crippen LogP contribution is 2.40. The highest BCUT2D eigenvalue weighted by molar-refractivity contribution is 6.46. The van der Waals surface area contributed by atoms with E-state index in [2.05, 4.69) is 6.92 Å². The molecule has 174 valence electrons. The average molecular weight is 470 g/mol. The largest absolute Gasteiger partial charge is 0.507 e. The lowest BCUT2D eigenvalue weighted by Crippen LogP contribution is -2.36. The van der Waals surface area contributed by atoms with Crippen molar-refractivity contribution in [3.63, 3.8) is 0 Å². The Hall–Kier alpha value is -2.83. The molecule has 2 saturated heterocycles. The number of Topliss-reactive ketones (excluding diaryl/α,β-unsaturated/α-hetero) is 1. The topological polar surface area (TPSA) is 76.1 Å². The fraction of sp³-hybridized carbons (Fsp3) is 0.385. The summed E-state index contributed by atoms with van der Waals surface area (Å²) in [6.07, 6.45) is 3.63. The van der Waals surface area contributed by atoms with Gasteiger partial charge in [0.1, 0.15) is 11.5 Å². The van der Waals surface area contributed by atoms with Crippen LogP contribution in [0.4, 0.5) is 0 Å². The monoisotopic (exact) mass is 469 g/mol. The van der Waals surface area contributed by atoms with Gasteiger partial charge >= 0.3 is 0 Å². The molecule has 1 amide bonds. The van der Waals surface area contributed by atoms with Crippen LogP contribution in [0.25, 0.3) is 5.76 Å². The molecule has 2 atom stereocenters. The zero-order valence-corrected chi connectivity index (χ0v) is 19.4. The van der Waals surface area contributed by atoms with E-state index < -0.39 is 17.7 Å². The Balaban J connectivity index is 1.72. The van der Waals surface area contributed by atoms with Crippen LogP contribution in [0.1, 0.15) is 49.8 Å². The minimum absolute atomic E-state index is 0.0694. The number of nitrogens with zero attached hydrogens (tertiary/aromatic N) is 1. The molecule has 2 unspecified atom stereocenters. The number of aliphatic hydroxyl groups is 1. The lowest BCUT2D eigenvalue weighted by Gasteiger charge is -2.27. The number of unbranched alkanes of at least 4 members (excludes halogenated alkanes) is 1. The molecular weight excluding hydrogens is 442 g/mol. The predicted octanol–water partition coefficient (Wildman–Crippen LogP) is 5.12. The number of benzene rings is 2. The van der Waals surface area contributed by atoms with Crippen LogP contribution in [0.5, 0.6) is 5.75 Å². The van der Waals surface area contributed by atoms with Crippen molar-refractivity contribution in [2.75, 3.05) is 19.8 Å². The van der Waals surface area contributed by atoms with Crippen LogP contribution >= 0.6 is 11.6 Å². The lowest BCUT2D eigenvalue weighted by molar-refractivity contribution is -0.140. The second kappa shape index (κ2) is 10.4. The first-order valence-corrected chi connectivity index (χ1v) is 11.8. The van der Waals surface area contributed by atoms with E-state index in [1.165, 1.54) is 4.90 Å². The zero-order valence-electron chi connectivity index (χ0n) is 18.6. The second-order valence-electron chi connectivity index (χ2n) is 8.36. The summed E-state index contributed by atoms with van der Waals surface area (Å²) >= 11 is 5.98. The molecule has 6 nitrogen and oxygen atoms in total. The molecule has 0 aromatic heterocycles. The molecule has 2 aliphatic rings. The van der Waals surface area contributed by atoms with Gasteiger partial charge in [0.15, 0.2) is 0 Å². The number of ether oxygens (including phenoxy) is 2. The first-order chi connectivity index (χ1) is 16.0. The molecule has 2 heterocycles. The fourth-order valence-corrected chi connectivity index (χ4v) is 4.39. The number of likely N-dealkylation sites (tertiary alicyclic amines) is 1. The summed E-state index contributed by atoms with van der Waals surface area (Å²) in [5.74, 6) is -0.822. The lowest BCUT2D eigenvalue weighted by atomic mass is 9.95. The molecule has 1 N–H and O–H groups in total. The number of hydrogen-bond acceptors (Lipinski definition) is 5. The fourth-order valence-electron chi connectivity index (χ4n) is 4.27. The average Bonchev–Trinajstić information content (AvgIpc) is 3.42. The third kappa shape index (κ3) is 5.07. The van der Waals surface area contributed by atoms with Gasteiger partial charge in [-0.25, -0.2) is 0 Å². The van der Waals surface area contributed by atoms with E-state index >= 15 is 0 Å². The van der Waals surface area contributed by atoms with Crippen molar-refractivity contribution < 1.29 is 24.2 Å². The second-order valence-corrected chi connectivity index (χ2v) is 8.80. The first kappa shape index (κ1) is 23.3. The number of rotatable bonds is 8. The van der Waals surface area contributed by atoms with Gasteiger partial charge in [0.05, 0.1) is 24.3 Å². The quantitative estimate of drug-likeness (QED) is 0.251. The summed E-state index contributed by atoms with van der Waals surface area (Å²) in [6.45, 7) is 3.67. The third-order valence-corrected chi connectivity index (χ3v) is 6.30. The SMILES string of the molecule is CCCCOc1ccc(C2C(=C(O)c3ccc(Cl)cc3)C(=O)C(=O)N2CC2CCCO2)cc1. The Kier molecular flexibility index (Phi) is 7.36. The molecule has 2 fully saturated rings. The predicted molar refractivity (Wildman–Crippen MR) is 126 cm³/mol. The van der Waals surface area contributed by atoms with E-state index in [9.17, 15) is 14.7 Å². The molecule has 7 heteroatoms. The van der Waals surface area contributed by atoms with Crippen LogP contribution in [0.3, 0.4) is 0 Å². The maximum atomic E-state index is 13.1. The van der Waals surface area contributed by atoms with Crippen molar-refractivity contribution in [2.24, 2.45) is 0 Å². The summed E-state index contributed by atoms with van der Waals surface area (Å²) in [5.41, 5.74) is 1.23. The van der Waals surface area contributed by atoms with Gasteiger partial charge in [0.2, 0.25) is 0 Å². The summed E-state index contributed by atoms with van der Waals surface area (Å²) in [6, 6.07) is 13.2. The number of amides is 1. The van der Waals surface area contributed by atoms with E-state index in [0.717, 1.165) is 37.0 Å². The van der Waals surface area contributed by atoms with Gasteiger partial charge < -0.3 is 19.5 Å². The minimum Gasteiger partial charge on any atom is -0.507 e. The molecule has 0 aliphatic carbocycles. The van der Waals surface area contributed by atoms with Gasteiger partial charge in [0, 0.05) is 23.7 Å². The number of ketones is 1. The Morgan fingerprint density at radius 2 is 1.88 bits per heavy atom. The van der Waals surface area contributed by atoms with Crippen molar-refractivity contribution in [3.05, 3.63) is 70.3 Å². The minimum atomic E-state index is -0.713. The Morgan fingerprint density at radius 1 is 1.15 bits per heavy atom. The first-order valence-electron chi connectivity index (χ1n) is 11.4. The maximum absolute atomic E-state index is 13.1. The Labute approximate surface area is 198 Å². The van der Waals surface area contributed by atoms with Gasteiger partial charge in [-0.3, -0.25) is 9.59 Å². The highest BCUT2D eigenvalue weighted by atomic mass is 35.5. The van der Waals surface area contributed by atoms with Crippen molar-refractivity contribution in [3.8, 4) is 5.75 Å². The van der Waals surface area contributed by atoms with E-state index in [0.29, 0.717) is 30.3 Å². The van der Waals surface area contributed by atoms with Gasteiger partial charge in [-0.2, -0.15) is 0 Å². The van der Waals surface area contributed by atoms with Crippen molar-refractivity contribution in [2.45, 2.75) is 44.8 Å². The van der Waals surface area contributed by atoms with Crippen LogP contribution in [0.15, 0.2) is 54.1 Å². The Bertz CT molecular complexity index is 1030. The standard InChI is InChI=1S/C26H28ClNO5/c1-2-3-14-32-20-12-8-17(9-13-20)23-22(24(29)18-6-10-19(27)11-7-18)25(30)26(31)28(23)16-21-5-4-15-33-21/h6-13,21,23,29H,2-5,14-16H2,1H3. The molecule has 0 spiro atoms. The summed E-state index contributed by atoms with van der Waals surface area (Å²) < 4.78 is 11.5. The molecule has 4 rings (SSSR count). The van der Waals surface area contributed by atoms with Crippen molar-refractivity contribution in [1.29, 1.82) is 0 Å². The van der Waals surface area contributed by atoms with Crippen LogP contribution in [0, 0.1) is 0 Å². The molecule has 0 saturated carbocycles. The van der Waals surface area contributed by atoms with Crippen LogP contribution < -0.4 is 4.74 Å². The van der Waals surface area contributed by atoms with E-state index in [4.69, 9.17) is 21.1 Å². The van der Waals surface area contributed by atoms with E-state index in [1.54, 1.807) is 24.3 Å². The number of aliphatic hydroxyl groups excluding tert-OH is 1. The van der Waals surface area contributed by atoms with Crippen molar-refractivity contribution >= 4 is 29.1 Å². The molecule has 0 bridgehead atoms. The van der Waals surface area contributed by atoms with Gasteiger partial charge in [-0.1, -0.05) is 37.1 Å². The van der Waals surface area contributed by atoms with Gasteiger partial charge in [-0.15, -0.1) is 0 Å². The van der Waals surface area contributed by atoms with Crippen molar-refractivity contribution in [1.82, 2.24) is 4.90 Å². The number of hydrogen-bond donors (Lipinski definition) is 1. The maximum Gasteiger partial charge on any atom is 0.295 e. The smallest absolute Gasteiger partial charge is 0.295 e. The van der Waals surface area contributed by atoms with Crippen LogP contribution in [0.2, 0.25) is 5.02 Å². The molecule has 2 aromatic rings. The van der Waals surface area contributed by atoms with Gasteiger partial charge in [0.25, 0.3) is 11.7 Å². The third-order valence-electron chi connectivity index (χ3n) is 6.04. The van der Waals surface area contributed by atoms with Crippen LogP contribution in [-0.2, 0) is 14.3 Å². The highest BCUT2D eigenvalue weighted by Gasteiger charge is 2.47. The molecule has 2 aromatic carbocycles. The Morgan fingerprint density at radius 3 is 2.52 bits per heavy atom. The zero-order chi connectivity index (χ0) is 23.4. The van der Waals surface area contributed by atoms with Gasteiger partial charge in [-0.05, 0) is 61.2 Å². The number of carbonyl (C=O) groups is 2. The molecule has 0 radical (unpaired) electrons. The molecule has 2 aliphatic heterocycles. The summed E-state index contributed by atoms with van der Waals surface area (Å²) in [7, 11) is 0. The van der Waals surface area contributed by atoms with E-state index in [1.807, 2.05) is 24.3 Å². The summed E-state index contributed by atoms with van der Waals surface area (Å²) in [4.78, 5) is 27.7. The molecular formula is C26H28ClNO5. The normalized spacial score (nSPS) is 22.2. The summed E-state index contributed by atoms with van der Waals surface area (Å²) in [5, 5.41) is 11.6.